The summed E-state index contributed by atoms with van der Waals surface area (Å²) < 4.78 is 5.63. The van der Waals surface area contributed by atoms with E-state index in [0.717, 1.165) is 37.0 Å². The standard InChI is InChI=1S/C15H23ClN2O/c1-11(2)19-15-4-3-13(9-14(15)16)18-10-12-5-7-17-8-6-12/h3-4,9,11-12,17-18H,5-8,10H2,1-2H3. The molecule has 0 atom stereocenters. The van der Waals surface area contributed by atoms with Gasteiger partial charge in [-0.05, 0) is 63.9 Å². The molecule has 0 spiro atoms. The van der Waals surface area contributed by atoms with E-state index in [2.05, 4.69) is 10.6 Å². The molecule has 1 heterocycles. The van der Waals surface area contributed by atoms with Crippen LogP contribution >= 0.6 is 11.6 Å². The smallest absolute Gasteiger partial charge is 0.138 e. The van der Waals surface area contributed by atoms with Crippen molar-refractivity contribution in [1.82, 2.24) is 5.32 Å². The van der Waals surface area contributed by atoms with Gasteiger partial charge in [-0.3, -0.25) is 0 Å². The summed E-state index contributed by atoms with van der Waals surface area (Å²) in [6, 6.07) is 5.91. The van der Waals surface area contributed by atoms with Crippen molar-refractivity contribution < 1.29 is 4.74 Å². The summed E-state index contributed by atoms with van der Waals surface area (Å²) in [5, 5.41) is 7.52. The van der Waals surface area contributed by atoms with Gasteiger partial charge in [0.05, 0.1) is 11.1 Å². The summed E-state index contributed by atoms with van der Waals surface area (Å²) in [6.07, 6.45) is 2.64. The minimum Gasteiger partial charge on any atom is -0.489 e. The van der Waals surface area contributed by atoms with Crippen molar-refractivity contribution >= 4 is 17.3 Å². The molecule has 1 fully saturated rings. The number of hydrogen-bond acceptors (Lipinski definition) is 3. The van der Waals surface area contributed by atoms with Gasteiger partial charge in [0.2, 0.25) is 0 Å². The monoisotopic (exact) mass is 282 g/mol. The predicted molar refractivity (Wildman–Crippen MR) is 81.3 cm³/mol. The normalized spacial score (nSPS) is 16.6. The van der Waals surface area contributed by atoms with Crippen LogP contribution in [0.1, 0.15) is 26.7 Å². The molecule has 0 radical (unpaired) electrons. The average molecular weight is 283 g/mol. The third-order valence-corrected chi connectivity index (χ3v) is 3.64. The maximum Gasteiger partial charge on any atom is 0.138 e. The Hall–Kier alpha value is -0.930. The first-order valence-corrected chi connectivity index (χ1v) is 7.43. The zero-order valence-electron chi connectivity index (χ0n) is 11.7. The van der Waals surface area contributed by atoms with Crippen LogP contribution in [-0.4, -0.2) is 25.7 Å². The summed E-state index contributed by atoms with van der Waals surface area (Å²) in [6.45, 7) is 7.28. The summed E-state index contributed by atoms with van der Waals surface area (Å²) in [7, 11) is 0. The Morgan fingerprint density at radius 1 is 1.37 bits per heavy atom. The molecule has 0 saturated carbocycles. The highest BCUT2D eigenvalue weighted by molar-refractivity contribution is 6.32. The molecule has 4 heteroatoms. The Kier molecular flexibility index (Phi) is 5.34. The molecule has 0 amide bonds. The lowest BCUT2D eigenvalue weighted by molar-refractivity contribution is 0.242. The van der Waals surface area contributed by atoms with Crippen LogP contribution in [0.3, 0.4) is 0 Å². The van der Waals surface area contributed by atoms with Crippen LogP contribution in [0.4, 0.5) is 5.69 Å². The third kappa shape index (κ3) is 4.59. The predicted octanol–water partition coefficient (Wildman–Crippen LogP) is 3.54. The molecule has 106 valence electrons. The lowest BCUT2D eigenvalue weighted by Crippen LogP contribution is -2.31. The van der Waals surface area contributed by atoms with Crippen LogP contribution in [-0.2, 0) is 0 Å². The summed E-state index contributed by atoms with van der Waals surface area (Å²) in [5.41, 5.74) is 1.07. The molecule has 1 aromatic rings. The topological polar surface area (TPSA) is 33.3 Å². The SMILES string of the molecule is CC(C)Oc1ccc(NCC2CCNCC2)cc1Cl. The Morgan fingerprint density at radius 2 is 2.11 bits per heavy atom. The van der Waals surface area contributed by atoms with E-state index in [9.17, 15) is 0 Å². The molecule has 0 aliphatic carbocycles. The first-order chi connectivity index (χ1) is 9.15. The number of piperidine rings is 1. The fourth-order valence-electron chi connectivity index (χ4n) is 2.31. The number of ether oxygens (including phenoxy) is 1. The van der Waals surface area contributed by atoms with E-state index in [4.69, 9.17) is 16.3 Å². The molecule has 2 rings (SSSR count). The zero-order valence-corrected chi connectivity index (χ0v) is 12.5. The fourth-order valence-corrected chi connectivity index (χ4v) is 2.53. The van der Waals surface area contributed by atoms with E-state index < -0.39 is 0 Å². The summed E-state index contributed by atoms with van der Waals surface area (Å²) in [5.74, 6) is 1.51. The van der Waals surface area contributed by atoms with Gasteiger partial charge in [-0.25, -0.2) is 0 Å². The second-order valence-corrected chi connectivity index (χ2v) is 5.79. The minimum absolute atomic E-state index is 0.144. The van der Waals surface area contributed by atoms with Crippen LogP contribution in [0.25, 0.3) is 0 Å². The number of halogens is 1. The van der Waals surface area contributed by atoms with Gasteiger partial charge in [-0.2, -0.15) is 0 Å². The van der Waals surface area contributed by atoms with Crippen molar-refractivity contribution in [2.45, 2.75) is 32.8 Å². The van der Waals surface area contributed by atoms with E-state index in [0.29, 0.717) is 5.02 Å². The van der Waals surface area contributed by atoms with E-state index in [-0.39, 0.29) is 6.10 Å². The second-order valence-electron chi connectivity index (χ2n) is 5.39. The van der Waals surface area contributed by atoms with E-state index in [1.54, 1.807) is 0 Å². The number of hydrogen-bond donors (Lipinski definition) is 2. The van der Waals surface area contributed by atoms with Gasteiger partial charge < -0.3 is 15.4 Å². The van der Waals surface area contributed by atoms with Crippen molar-refractivity contribution in [3.8, 4) is 5.75 Å². The Balaban J connectivity index is 1.88. The zero-order chi connectivity index (χ0) is 13.7. The molecule has 0 unspecified atom stereocenters. The quantitative estimate of drug-likeness (QED) is 0.867. The molecular formula is C15H23ClN2O. The molecule has 2 N–H and O–H groups in total. The molecule has 1 aromatic carbocycles. The van der Waals surface area contributed by atoms with Gasteiger partial charge in [-0.15, -0.1) is 0 Å². The lowest BCUT2D eigenvalue weighted by Gasteiger charge is -2.23. The van der Waals surface area contributed by atoms with Gasteiger partial charge in [0.25, 0.3) is 0 Å². The maximum absolute atomic E-state index is 6.22. The average Bonchev–Trinajstić information content (AvgIpc) is 2.40. The summed E-state index contributed by atoms with van der Waals surface area (Å²) in [4.78, 5) is 0. The Morgan fingerprint density at radius 3 is 2.74 bits per heavy atom. The van der Waals surface area contributed by atoms with Crippen molar-refractivity contribution in [2.24, 2.45) is 5.92 Å². The number of anilines is 1. The number of benzene rings is 1. The van der Waals surface area contributed by atoms with E-state index in [1.807, 2.05) is 32.0 Å². The maximum atomic E-state index is 6.22. The van der Waals surface area contributed by atoms with Gasteiger partial charge in [0, 0.05) is 12.2 Å². The molecule has 19 heavy (non-hydrogen) atoms. The van der Waals surface area contributed by atoms with Crippen LogP contribution < -0.4 is 15.4 Å². The van der Waals surface area contributed by atoms with Gasteiger partial charge in [-0.1, -0.05) is 11.6 Å². The van der Waals surface area contributed by atoms with Crippen LogP contribution in [0.5, 0.6) is 5.75 Å². The number of rotatable bonds is 5. The highest BCUT2D eigenvalue weighted by atomic mass is 35.5. The van der Waals surface area contributed by atoms with Crippen LogP contribution in [0.2, 0.25) is 5.02 Å². The molecular weight excluding hydrogens is 260 g/mol. The molecule has 1 aliphatic heterocycles. The molecule has 0 aromatic heterocycles. The number of nitrogens with one attached hydrogen (secondary N) is 2. The van der Waals surface area contributed by atoms with Crippen LogP contribution in [0, 0.1) is 5.92 Å². The summed E-state index contributed by atoms with van der Waals surface area (Å²) >= 11 is 6.22. The molecule has 1 saturated heterocycles. The highest BCUT2D eigenvalue weighted by Gasteiger charge is 2.12. The van der Waals surface area contributed by atoms with E-state index in [1.165, 1.54) is 12.8 Å². The highest BCUT2D eigenvalue weighted by Crippen LogP contribution is 2.28. The van der Waals surface area contributed by atoms with Crippen molar-refractivity contribution in [3.05, 3.63) is 23.2 Å². The lowest BCUT2D eigenvalue weighted by atomic mass is 9.98. The third-order valence-electron chi connectivity index (χ3n) is 3.35. The van der Waals surface area contributed by atoms with Gasteiger partial charge >= 0.3 is 0 Å². The first kappa shape index (κ1) is 14.5. The van der Waals surface area contributed by atoms with Crippen molar-refractivity contribution in [1.29, 1.82) is 0 Å². The van der Waals surface area contributed by atoms with Gasteiger partial charge in [0.15, 0.2) is 0 Å². The van der Waals surface area contributed by atoms with Crippen molar-refractivity contribution in [2.75, 3.05) is 25.0 Å². The second kappa shape index (κ2) is 7.01. The molecule has 1 aliphatic rings. The largest absolute Gasteiger partial charge is 0.489 e. The Bertz CT molecular complexity index is 403. The molecule has 3 nitrogen and oxygen atoms in total. The minimum atomic E-state index is 0.144. The van der Waals surface area contributed by atoms with Crippen LogP contribution in [0.15, 0.2) is 18.2 Å². The molecule has 0 bridgehead atoms. The van der Waals surface area contributed by atoms with Gasteiger partial charge in [0.1, 0.15) is 5.75 Å². The fraction of sp³-hybridized carbons (Fsp3) is 0.600. The first-order valence-electron chi connectivity index (χ1n) is 7.06. The van der Waals surface area contributed by atoms with E-state index >= 15 is 0 Å². The Labute approximate surface area is 120 Å². The van der Waals surface area contributed by atoms with Crippen molar-refractivity contribution in [3.63, 3.8) is 0 Å².